The molecule has 0 fully saturated rings. The van der Waals surface area contributed by atoms with Crippen LogP contribution in [0.1, 0.15) is 18.9 Å². The number of methoxy groups -OCH3 is 1. The molecule has 29 heavy (non-hydrogen) atoms. The van der Waals surface area contributed by atoms with Crippen molar-refractivity contribution in [3.05, 3.63) is 65.9 Å². The number of ether oxygens (including phenoxy) is 1. The molecular weight excluding hydrogens is 386 g/mol. The molecule has 1 amide bonds. The number of amides is 1. The normalized spacial score (nSPS) is 13.8. The Balaban J connectivity index is 1.78. The molecule has 3 rings (SSSR count). The van der Waals surface area contributed by atoms with E-state index in [1.165, 1.54) is 18.9 Å². The zero-order chi connectivity index (χ0) is 20.8. The lowest BCUT2D eigenvalue weighted by Gasteiger charge is -2.12. The van der Waals surface area contributed by atoms with Crippen LogP contribution in [0, 0.1) is 6.92 Å². The van der Waals surface area contributed by atoms with Gasteiger partial charge in [0.25, 0.3) is 0 Å². The van der Waals surface area contributed by atoms with Gasteiger partial charge in [-0.3, -0.25) is 9.59 Å². The van der Waals surface area contributed by atoms with Crippen molar-refractivity contribution in [2.45, 2.75) is 25.5 Å². The summed E-state index contributed by atoms with van der Waals surface area (Å²) in [6.45, 7) is 3.81. The third kappa shape index (κ3) is 5.71. The fourth-order valence-corrected chi connectivity index (χ4v) is 3.66. The zero-order valence-corrected chi connectivity index (χ0v) is 17.4. The second-order valence-corrected chi connectivity index (χ2v) is 7.99. The van der Waals surface area contributed by atoms with Crippen molar-refractivity contribution < 1.29 is 14.3 Å². The first-order valence-corrected chi connectivity index (χ1v) is 10.1. The average molecular weight is 410 g/mol. The van der Waals surface area contributed by atoms with Crippen molar-refractivity contribution in [2.75, 3.05) is 17.7 Å². The first-order valence-electron chi connectivity index (χ1n) is 9.21. The molecule has 0 radical (unpaired) electrons. The van der Waals surface area contributed by atoms with Gasteiger partial charge in [-0.25, -0.2) is 4.99 Å². The van der Waals surface area contributed by atoms with E-state index < -0.39 is 0 Å². The monoisotopic (exact) mass is 409 g/mol. The molecule has 1 aliphatic rings. The summed E-state index contributed by atoms with van der Waals surface area (Å²) in [5.41, 5.74) is 4.06. The summed E-state index contributed by atoms with van der Waals surface area (Å²) >= 11 is 1.34. The molecule has 0 bridgehead atoms. The number of anilines is 2. The molecule has 0 spiro atoms. The van der Waals surface area contributed by atoms with E-state index in [2.05, 4.69) is 15.6 Å². The number of esters is 1. The number of fused-ring (bicyclic) bond motifs is 1. The summed E-state index contributed by atoms with van der Waals surface area (Å²) in [5.74, 6) is -0.463. The lowest BCUT2D eigenvalue weighted by Crippen LogP contribution is -2.23. The van der Waals surface area contributed by atoms with Gasteiger partial charge in [-0.2, -0.15) is 0 Å². The van der Waals surface area contributed by atoms with Crippen LogP contribution in [0.25, 0.3) is 0 Å². The summed E-state index contributed by atoms with van der Waals surface area (Å²) in [7, 11) is 1.36. The Bertz CT molecular complexity index is 985. The number of hydrogen-bond donors (Lipinski definition) is 2. The Morgan fingerprint density at radius 3 is 2.76 bits per heavy atom. The van der Waals surface area contributed by atoms with Crippen molar-refractivity contribution in [2.24, 2.45) is 4.99 Å². The maximum atomic E-state index is 12.6. The van der Waals surface area contributed by atoms with Crippen LogP contribution in [0.4, 0.5) is 17.1 Å². The quantitative estimate of drug-likeness (QED) is 0.702. The van der Waals surface area contributed by atoms with Crippen LogP contribution >= 0.6 is 11.8 Å². The maximum absolute atomic E-state index is 12.6. The van der Waals surface area contributed by atoms with Crippen LogP contribution in [0.2, 0.25) is 0 Å². The number of aryl methyl sites for hydroxylation is 1. The number of carbonyl (C=O) groups excluding carboxylic acids is 2. The van der Waals surface area contributed by atoms with Crippen molar-refractivity contribution in [3.63, 3.8) is 0 Å². The first kappa shape index (κ1) is 20.7. The van der Waals surface area contributed by atoms with Gasteiger partial charge in [0.2, 0.25) is 5.91 Å². The van der Waals surface area contributed by atoms with Gasteiger partial charge in [-0.1, -0.05) is 36.0 Å². The number of nitrogens with zero attached hydrogens (tertiary/aromatic N) is 1. The minimum Gasteiger partial charge on any atom is -0.469 e. The summed E-state index contributed by atoms with van der Waals surface area (Å²) in [6, 6.07) is 15.2. The van der Waals surface area contributed by atoms with E-state index in [1.807, 2.05) is 62.4 Å². The molecule has 150 valence electrons. The van der Waals surface area contributed by atoms with E-state index in [9.17, 15) is 9.59 Å². The molecule has 2 aromatic carbocycles. The highest BCUT2D eigenvalue weighted by Crippen LogP contribution is 2.32. The van der Waals surface area contributed by atoms with Crippen LogP contribution in [0.3, 0.4) is 0 Å². The van der Waals surface area contributed by atoms with Gasteiger partial charge in [0.05, 0.1) is 35.2 Å². The lowest BCUT2D eigenvalue weighted by molar-refractivity contribution is -0.139. The minimum absolute atomic E-state index is 0.0916. The van der Waals surface area contributed by atoms with Gasteiger partial charge in [0.1, 0.15) is 0 Å². The van der Waals surface area contributed by atoms with Gasteiger partial charge in [0.15, 0.2) is 0 Å². The number of benzene rings is 2. The minimum atomic E-state index is -0.379. The predicted molar refractivity (Wildman–Crippen MR) is 119 cm³/mol. The molecule has 0 aliphatic carbocycles. The molecule has 6 nitrogen and oxygen atoms in total. The third-order valence-corrected chi connectivity index (χ3v) is 5.26. The smallest absolute Gasteiger partial charge is 0.311 e. The van der Waals surface area contributed by atoms with Gasteiger partial charge in [0, 0.05) is 11.4 Å². The van der Waals surface area contributed by atoms with Crippen LogP contribution in [-0.2, 0) is 14.3 Å². The lowest BCUT2D eigenvalue weighted by atomic mass is 10.2. The number of para-hydroxylation sites is 2. The molecule has 1 heterocycles. The molecular formula is C22H23N3O3S. The fourth-order valence-electron chi connectivity index (χ4n) is 2.77. The molecule has 7 heteroatoms. The number of hydrogen-bond acceptors (Lipinski definition) is 6. The molecule has 0 saturated heterocycles. The zero-order valence-electron chi connectivity index (χ0n) is 16.6. The number of rotatable bonds is 5. The molecule has 0 saturated carbocycles. The number of carbonyl (C=O) groups is 2. The van der Waals surface area contributed by atoms with Crippen LogP contribution < -0.4 is 10.6 Å². The van der Waals surface area contributed by atoms with Crippen LogP contribution in [-0.4, -0.2) is 29.3 Å². The van der Waals surface area contributed by atoms with E-state index in [0.29, 0.717) is 10.7 Å². The molecule has 2 N–H and O–H groups in total. The van der Waals surface area contributed by atoms with E-state index in [1.54, 1.807) is 6.08 Å². The van der Waals surface area contributed by atoms with Gasteiger partial charge in [-0.05, 0) is 49.8 Å². The first-order chi connectivity index (χ1) is 13.9. The second kappa shape index (κ2) is 9.43. The summed E-state index contributed by atoms with van der Waals surface area (Å²) in [5, 5.41) is 6.44. The van der Waals surface area contributed by atoms with E-state index in [0.717, 1.165) is 22.6 Å². The second-order valence-electron chi connectivity index (χ2n) is 6.63. The van der Waals surface area contributed by atoms with Gasteiger partial charge in [-0.15, -0.1) is 0 Å². The fraction of sp³-hybridized carbons (Fsp3) is 0.227. The Kier molecular flexibility index (Phi) is 6.72. The average Bonchev–Trinajstić information content (AvgIpc) is 2.86. The molecule has 0 aromatic heterocycles. The van der Waals surface area contributed by atoms with Gasteiger partial charge < -0.3 is 15.4 Å². The predicted octanol–water partition coefficient (Wildman–Crippen LogP) is 4.66. The Morgan fingerprint density at radius 2 is 2.00 bits per heavy atom. The molecule has 0 unspecified atom stereocenters. The molecule has 1 aliphatic heterocycles. The van der Waals surface area contributed by atoms with Crippen molar-refractivity contribution in [3.8, 4) is 0 Å². The molecule has 1 atom stereocenters. The third-order valence-electron chi connectivity index (χ3n) is 4.24. The number of nitrogens with one attached hydrogen (secondary N) is 2. The summed E-state index contributed by atoms with van der Waals surface area (Å²) < 4.78 is 4.78. The Hall–Kier alpha value is -3.06. The number of aliphatic imine (C=N–C) groups is 1. The standard InChI is InChI=1S/C22H23N3O3S/c1-14-7-6-8-16(11-14)24-22(27)15(2)29-20-12-17(13-21(26)28-3)23-18-9-4-5-10-19(18)25-20/h4-12,15,23H,13H2,1-3H3,(H,24,27)/t15-/m0/s1. The Labute approximate surface area is 174 Å². The van der Waals surface area contributed by atoms with E-state index in [4.69, 9.17) is 4.74 Å². The van der Waals surface area contributed by atoms with Crippen molar-refractivity contribution in [1.82, 2.24) is 0 Å². The summed E-state index contributed by atoms with van der Waals surface area (Å²) in [4.78, 5) is 29.1. The highest BCUT2D eigenvalue weighted by Gasteiger charge is 2.19. The Morgan fingerprint density at radius 1 is 1.21 bits per heavy atom. The maximum Gasteiger partial charge on any atom is 0.311 e. The highest BCUT2D eigenvalue weighted by atomic mass is 32.2. The SMILES string of the molecule is COC(=O)CC1=CC(S[C@@H](C)C(=O)Nc2cccc(C)c2)=Nc2ccccc2N1. The largest absolute Gasteiger partial charge is 0.469 e. The van der Waals surface area contributed by atoms with Gasteiger partial charge >= 0.3 is 5.97 Å². The molecule has 2 aromatic rings. The number of thioether (sulfide) groups is 1. The van der Waals surface area contributed by atoms with Crippen LogP contribution in [0.15, 0.2) is 65.3 Å². The van der Waals surface area contributed by atoms with E-state index in [-0.39, 0.29) is 23.5 Å². The topological polar surface area (TPSA) is 79.8 Å². The van der Waals surface area contributed by atoms with E-state index >= 15 is 0 Å². The van der Waals surface area contributed by atoms with Crippen molar-refractivity contribution in [1.29, 1.82) is 0 Å². The van der Waals surface area contributed by atoms with Crippen LogP contribution in [0.5, 0.6) is 0 Å². The van der Waals surface area contributed by atoms with Crippen molar-refractivity contribution >= 4 is 45.7 Å². The highest BCUT2D eigenvalue weighted by molar-refractivity contribution is 8.15. The summed E-state index contributed by atoms with van der Waals surface area (Å²) in [6.07, 6.45) is 1.88.